The number of benzene rings is 2. The summed E-state index contributed by atoms with van der Waals surface area (Å²) in [6, 6.07) is 14.9. The first-order valence-electron chi connectivity index (χ1n) is 7.55. The zero-order chi connectivity index (χ0) is 21.1. The largest absolute Gasteiger partial charge is 0.508 e. The molecule has 8 nitrogen and oxygen atoms in total. The maximum Gasteiger partial charge on any atom is 0.346 e. The molecule has 140 valence electrons. The molecule has 0 aliphatic heterocycles. The van der Waals surface area contributed by atoms with Gasteiger partial charge < -0.3 is 20.4 Å². The molecule has 2 rings (SSSR count). The van der Waals surface area contributed by atoms with Gasteiger partial charge in [-0.25, -0.2) is 9.59 Å². The lowest BCUT2D eigenvalue weighted by Gasteiger charge is -1.94. The van der Waals surface area contributed by atoms with Gasteiger partial charge >= 0.3 is 11.9 Å². The Bertz CT molecular complexity index is 907. The number of aliphatic carboxylic acids is 2. The molecule has 0 saturated heterocycles. The van der Waals surface area contributed by atoms with Crippen LogP contribution in [0.15, 0.2) is 59.7 Å². The minimum absolute atomic E-state index is 0.0935. The van der Waals surface area contributed by atoms with E-state index in [0.29, 0.717) is 11.1 Å². The molecule has 2 aromatic rings. The minimum Gasteiger partial charge on any atom is -0.508 e. The Hall–Kier alpha value is -4.56. The average Bonchev–Trinajstić information content (AvgIpc) is 2.67. The van der Waals surface area contributed by atoms with Crippen LogP contribution in [0.2, 0.25) is 0 Å². The van der Waals surface area contributed by atoms with Gasteiger partial charge in [-0.05, 0) is 47.5 Å². The number of phenols is 2. The van der Waals surface area contributed by atoms with Crippen molar-refractivity contribution in [3.8, 4) is 23.6 Å². The Labute approximate surface area is 159 Å². The molecule has 0 aliphatic carbocycles. The van der Waals surface area contributed by atoms with Crippen molar-refractivity contribution in [2.75, 3.05) is 0 Å². The molecule has 4 N–H and O–H groups in total. The van der Waals surface area contributed by atoms with Gasteiger partial charge in [0.05, 0.1) is 0 Å². The van der Waals surface area contributed by atoms with Crippen LogP contribution in [0.5, 0.6) is 11.5 Å². The van der Waals surface area contributed by atoms with E-state index in [-0.39, 0.29) is 22.6 Å². The van der Waals surface area contributed by atoms with Gasteiger partial charge in [-0.1, -0.05) is 24.3 Å². The average molecular weight is 378 g/mol. The van der Waals surface area contributed by atoms with Gasteiger partial charge in [-0.3, -0.25) is 0 Å². The number of nitriles is 2. The number of nitrogens with zero attached hydrogens (tertiary/aromatic N) is 2. The predicted octanol–water partition coefficient (Wildman–Crippen LogP) is 2.77. The maximum atomic E-state index is 10.5. The zero-order valence-corrected chi connectivity index (χ0v) is 14.3. The summed E-state index contributed by atoms with van der Waals surface area (Å²) < 4.78 is 0. The van der Waals surface area contributed by atoms with Gasteiger partial charge in [0.1, 0.15) is 34.8 Å². The van der Waals surface area contributed by atoms with Gasteiger partial charge in [0.2, 0.25) is 0 Å². The SMILES string of the molecule is N#C/C(=C\c1ccc(O)cc1)C(=O)O.N#C/C(=C\c1ccc(O)cc1)C(=O)O. The normalized spacial score (nSPS) is 10.6. The second kappa shape index (κ2) is 10.4. The molecule has 0 fully saturated rings. The summed E-state index contributed by atoms with van der Waals surface area (Å²) in [6.45, 7) is 0. The lowest BCUT2D eigenvalue weighted by molar-refractivity contribution is -0.133. The first kappa shape index (κ1) is 21.5. The van der Waals surface area contributed by atoms with E-state index in [9.17, 15) is 9.59 Å². The first-order chi connectivity index (χ1) is 13.3. The van der Waals surface area contributed by atoms with Gasteiger partial charge in [-0.15, -0.1) is 0 Å². The first-order valence-corrected chi connectivity index (χ1v) is 7.55. The number of carboxylic acids is 2. The highest BCUT2D eigenvalue weighted by Crippen LogP contribution is 2.13. The molecular weight excluding hydrogens is 364 g/mol. The topological polar surface area (TPSA) is 163 Å². The van der Waals surface area contributed by atoms with Crippen LogP contribution in [0, 0.1) is 22.7 Å². The van der Waals surface area contributed by atoms with E-state index in [1.165, 1.54) is 60.7 Å². The van der Waals surface area contributed by atoms with Crippen molar-refractivity contribution >= 4 is 24.1 Å². The molecular formula is C20H14N2O6. The summed E-state index contributed by atoms with van der Waals surface area (Å²) >= 11 is 0. The van der Waals surface area contributed by atoms with E-state index in [4.69, 9.17) is 30.9 Å². The van der Waals surface area contributed by atoms with E-state index in [0.717, 1.165) is 0 Å². The number of rotatable bonds is 4. The maximum absolute atomic E-state index is 10.5. The zero-order valence-electron chi connectivity index (χ0n) is 14.3. The third kappa shape index (κ3) is 7.13. The summed E-state index contributed by atoms with van der Waals surface area (Å²) in [5.41, 5.74) is 0.440. The number of aromatic hydroxyl groups is 2. The molecule has 0 unspecified atom stereocenters. The summed E-state index contributed by atoms with van der Waals surface area (Å²) in [4.78, 5) is 20.9. The van der Waals surface area contributed by atoms with Crippen LogP contribution >= 0.6 is 0 Å². The monoisotopic (exact) mass is 378 g/mol. The van der Waals surface area contributed by atoms with Gasteiger partial charge in [0.15, 0.2) is 0 Å². The number of hydrogen-bond acceptors (Lipinski definition) is 6. The van der Waals surface area contributed by atoms with Gasteiger partial charge in [-0.2, -0.15) is 10.5 Å². The lowest BCUT2D eigenvalue weighted by Crippen LogP contribution is -1.97. The highest BCUT2D eigenvalue weighted by atomic mass is 16.4. The molecule has 0 radical (unpaired) electrons. The van der Waals surface area contributed by atoms with Crippen molar-refractivity contribution < 1.29 is 30.0 Å². The summed E-state index contributed by atoms with van der Waals surface area (Å²) in [7, 11) is 0. The fraction of sp³-hybridized carbons (Fsp3) is 0. The fourth-order valence-corrected chi connectivity index (χ4v) is 1.76. The molecule has 2 aromatic carbocycles. The number of hydrogen-bond donors (Lipinski definition) is 4. The molecule has 0 aromatic heterocycles. The third-order valence-electron chi connectivity index (χ3n) is 3.11. The Morgan fingerprint density at radius 1 is 0.679 bits per heavy atom. The standard InChI is InChI=1S/2C10H7NO3/c2*11-6-8(10(13)14)5-7-1-3-9(12)4-2-7/h2*1-5,12H,(H,13,14)/b2*8-5+. The van der Waals surface area contributed by atoms with Crippen LogP contribution in [-0.2, 0) is 9.59 Å². The highest BCUT2D eigenvalue weighted by Gasteiger charge is 2.05. The van der Waals surface area contributed by atoms with Crippen molar-refractivity contribution in [2.24, 2.45) is 0 Å². The molecule has 8 heteroatoms. The molecule has 0 atom stereocenters. The van der Waals surface area contributed by atoms with Gasteiger partial charge in [0.25, 0.3) is 0 Å². The minimum atomic E-state index is -1.26. The number of phenolic OH excluding ortho intramolecular Hbond substituents is 2. The van der Waals surface area contributed by atoms with Crippen LogP contribution < -0.4 is 0 Å². The van der Waals surface area contributed by atoms with Crippen molar-refractivity contribution in [1.82, 2.24) is 0 Å². The molecule has 0 amide bonds. The Morgan fingerprint density at radius 3 is 1.18 bits per heavy atom. The van der Waals surface area contributed by atoms with Crippen molar-refractivity contribution in [1.29, 1.82) is 10.5 Å². The van der Waals surface area contributed by atoms with Gasteiger partial charge in [0, 0.05) is 0 Å². The van der Waals surface area contributed by atoms with Crippen LogP contribution in [-0.4, -0.2) is 32.4 Å². The smallest absolute Gasteiger partial charge is 0.346 e. The van der Waals surface area contributed by atoms with Crippen LogP contribution in [0.3, 0.4) is 0 Å². The summed E-state index contributed by atoms with van der Waals surface area (Å²) in [5.74, 6) is -2.34. The molecule has 0 spiro atoms. The molecule has 0 heterocycles. The van der Waals surface area contributed by atoms with Crippen LogP contribution in [0.4, 0.5) is 0 Å². The van der Waals surface area contributed by atoms with E-state index in [1.807, 2.05) is 0 Å². The number of carboxylic acid groups (broad SMARTS) is 2. The Morgan fingerprint density at radius 2 is 0.964 bits per heavy atom. The molecule has 28 heavy (non-hydrogen) atoms. The molecule has 0 saturated carbocycles. The van der Waals surface area contributed by atoms with Crippen LogP contribution in [0.25, 0.3) is 12.2 Å². The second-order valence-electron chi connectivity index (χ2n) is 5.13. The lowest BCUT2D eigenvalue weighted by atomic mass is 10.1. The van der Waals surface area contributed by atoms with E-state index in [2.05, 4.69) is 0 Å². The van der Waals surface area contributed by atoms with Crippen LogP contribution in [0.1, 0.15) is 11.1 Å². The predicted molar refractivity (Wildman–Crippen MR) is 98.7 cm³/mol. The number of carbonyl (C=O) groups is 2. The van der Waals surface area contributed by atoms with Crippen molar-refractivity contribution in [2.45, 2.75) is 0 Å². The van der Waals surface area contributed by atoms with E-state index < -0.39 is 11.9 Å². The molecule has 0 bridgehead atoms. The fourth-order valence-electron chi connectivity index (χ4n) is 1.76. The quantitative estimate of drug-likeness (QED) is 0.466. The second-order valence-corrected chi connectivity index (χ2v) is 5.13. The third-order valence-corrected chi connectivity index (χ3v) is 3.11. The highest BCUT2D eigenvalue weighted by molar-refractivity contribution is 5.97. The van der Waals surface area contributed by atoms with E-state index >= 15 is 0 Å². The summed E-state index contributed by atoms with van der Waals surface area (Å²) in [6.07, 6.45) is 2.48. The Kier molecular flexibility index (Phi) is 8.01. The molecule has 0 aliphatic rings. The van der Waals surface area contributed by atoms with E-state index in [1.54, 1.807) is 12.1 Å². The van der Waals surface area contributed by atoms with Crippen molar-refractivity contribution in [3.63, 3.8) is 0 Å². The summed E-state index contributed by atoms with van der Waals surface area (Å²) in [5, 5.41) is 51.9. The van der Waals surface area contributed by atoms with Crippen molar-refractivity contribution in [3.05, 3.63) is 70.8 Å². The Balaban J connectivity index is 0.000000280.